The van der Waals surface area contributed by atoms with E-state index in [9.17, 15) is 15.0 Å². The molecular weight excluding hydrogens is 420 g/mol. The quantitative estimate of drug-likeness (QED) is 0.413. The Balaban J connectivity index is 1.73. The summed E-state index contributed by atoms with van der Waals surface area (Å²) in [5.74, 6) is 1.26. The zero-order chi connectivity index (χ0) is 24.1. The van der Waals surface area contributed by atoms with Crippen molar-refractivity contribution in [3.05, 3.63) is 35.5 Å². The Kier molecular flexibility index (Phi) is 9.34. The van der Waals surface area contributed by atoms with Gasteiger partial charge in [0.15, 0.2) is 12.4 Å². The fourth-order valence-electron chi connectivity index (χ4n) is 5.76. The lowest BCUT2D eigenvalue weighted by Crippen LogP contribution is -2.55. The van der Waals surface area contributed by atoms with E-state index >= 15 is 0 Å². The third-order valence-corrected chi connectivity index (χ3v) is 7.51. The standard InChI is InChI=1S/C27H42O6/c1-16(2)7-6-8-20(22-12-10-18(4)21-11-9-17(3)13-23(21)22)14-31-27-25(30)26(33-19(5)28)24(29)15-32-27/h7,13,20-27,29-30H,4,6,8-12,14-15H2,1-3,5H3/t20-,21+,22-,23+,24-,25-,26+,27-/m0/s1. The van der Waals surface area contributed by atoms with Gasteiger partial charge in [-0.25, -0.2) is 0 Å². The first-order chi connectivity index (χ1) is 15.7. The molecule has 3 rings (SSSR count). The Hall–Kier alpha value is -1.47. The van der Waals surface area contributed by atoms with Gasteiger partial charge in [-0.2, -0.15) is 0 Å². The SMILES string of the molecule is C=C1CC[C@@H]([C@@H](CCC=C(C)C)CO[C@H]2OC[C@H](O)[C@@H](OC(C)=O)[C@@H]2O)[C@@H]2C=C(C)CC[C@H]12. The lowest BCUT2D eigenvalue weighted by Gasteiger charge is -2.45. The molecule has 8 atom stereocenters. The molecule has 0 aromatic rings. The van der Waals surface area contributed by atoms with Crippen LogP contribution < -0.4 is 0 Å². The van der Waals surface area contributed by atoms with Crippen molar-refractivity contribution in [1.82, 2.24) is 0 Å². The molecule has 6 nitrogen and oxygen atoms in total. The second-order valence-electron chi connectivity index (χ2n) is 10.4. The first-order valence-corrected chi connectivity index (χ1v) is 12.4. The average Bonchev–Trinajstić information content (AvgIpc) is 2.75. The number of esters is 1. The fraction of sp³-hybridized carbons (Fsp3) is 0.741. The number of aliphatic hydroxyl groups excluding tert-OH is 2. The van der Waals surface area contributed by atoms with E-state index in [0.717, 1.165) is 32.1 Å². The molecule has 1 aliphatic heterocycles. The third kappa shape index (κ3) is 6.78. The number of hydrogen-bond acceptors (Lipinski definition) is 6. The maximum atomic E-state index is 11.4. The van der Waals surface area contributed by atoms with Crippen LogP contribution in [0.1, 0.15) is 66.2 Å². The summed E-state index contributed by atoms with van der Waals surface area (Å²) in [4.78, 5) is 11.4. The zero-order valence-electron chi connectivity index (χ0n) is 20.7. The van der Waals surface area contributed by atoms with E-state index in [1.54, 1.807) is 0 Å². The van der Waals surface area contributed by atoms with E-state index in [1.807, 2.05) is 0 Å². The Morgan fingerprint density at radius 2 is 2.03 bits per heavy atom. The summed E-state index contributed by atoms with van der Waals surface area (Å²) in [6.07, 6.45) is 6.92. The highest BCUT2D eigenvalue weighted by Gasteiger charge is 2.43. The van der Waals surface area contributed by atoms with E-state index in [2.05, 4.69) is 39.5 Å². The predicted molar refractivity (Wildman–Crippen MR) is 127 cm³/mol. The fourth-order valence-corrected chi connectivity index (χ4v) is 5.76. The van der Waals surface area contributed by atoms with Crippen molar-refractivity contribution >= 4 is 5.97 Å². The van der Waals surface area contributed by atoms with Gasteiger partial charge in [0.2, 0.25) is 0 Å². The van der Waals surface area contributed by atoms with Crippen LogP contribution in [-0.4, -0.2) is 54.0 Å². The summed E-state index contributed by atoms with van der Waals surface area (Å²) in [5, 5.41) is 20.8. The molecule has 0 unspecified atom stereocenters. The summed E-state index contributed by atoms with van der Waals surface area (Å²) in [5.41, 5.74) is 4.15. The molecule has 3 aliphatic rings. The van der Waals surface area contributed by atoms with Gasteiger partial charge < -0.3 is 24.4 Å². The molecule has 2 N–H and O–H groups in total. The molecule has 33 heavy (non-hydrogen) atoms. The van der Waals surface area contributed by atoms with Crippen LogP contribution in [0, 0.1) is 23.7 Å². The molecular formula is C27H42O6. The van der Waals surface area contributed by atoms with Crippen molar-refractivity contribution in [2.24, 2.45) is 23.7 Å². The second kappa shape index (κ2) is 11.8. The lowest BCUT2D eigenvalue weighted by atomic mass is 9.61. The first-order valence-electron chi connectivity index (χ1n) is 12.4. The maximum absolute atomic E-state index is 11.4. The molecule has 0 radical (unpaired) electrons. The van der Waals surface area contributed by atoms with Crippen molar-refractivity contribution < 1.29 is 29.2 Å². The van der Waals surface area contributed by atoms with E-state index in [4.69, 9.17) is 14.2 Å². The van der Waals surface area contributed by atoms with Gasteiger partial charge in [-0.3, -0.25) is 4.79 Å². The lowest BCUT2D eigenvalue weighted by molar-refractivity contribution is -0.277. The Labute approximate surface area is 198 Å². The molecule has 0 amide bonds. The average molecular weight is 463 g/mol. The van der Waals surface area contributed by atoms with Crippen molar-refractivity contribution in [2.45, 2.75) is 90.8 Å². The minimum atomic E-state index is -1.23. The van der Waals surface area contributed by atoms with E-state index in [-0.39, 0.29) is 6.61 Å². The zero-order valence-corrected chi connectivity index (χ0v) is 20.7. The van der Waals surface area contributed by atoms with Crippen LogP contribution in [0.3, 0.4) is 0 Å². The molecule has 0 spiro atoms. The Morgan fingerprint density at radius 1 is 1.27 bits per heavy atom. The number of fused-ring (bicyclic) bond motifs is 1. The number of ether oxygens (including phenoxy) is 3. The van der Waals surface area contributed by atoms with Gasteiger partial charge in [-0.1, -0.05) is 35.5 Å². The molecule has 186 valence electrons. The minimum Gasteiger partial charge on any atom is -0.457 e. The van der Waals surface area contributed by atoms with Crippen molar-refractivity contribution in [2.75, 3.05) is 13.2 Å². The van der Waals surface area contributed by atoms with Crippen molar-refractivity contribution in [3.8, 4) is 0 Å². The number of aliphatic hydroxyl groups is 2. The normalized spacial score (nSPS) is 35.3. The molecule has 1 heterocycles. The topological polar surface area (TPSA) is 85.2 Å². The number of allylic oxidation sites excluding steroid dienone is 5. The van der Waals surface area contributed by atoms with Gasteiger partial charge in [0, 0.05) is 6.92 Å². The van der Waals surface area contributed by atoms with Crippen LogP contribution in [0.25, 0.3) is 0 Å². The molecule has 1 saturated carbocycles. The van der Waals surface area contributed by atoms with Crippen molar-refractivity contribution in [3.63, 3.8) is 0 Å². The van der Waals surface area contributed by atoms with Gasteiger partial charge in [-0.15, -0.1) is 0 Å². The first kappa shape index (κ1) is 26.1. The highest BCUT2D eigenvalue weighted by Crippen LogP contribution is 2.48. The largest absolute Gasteiger partial charge is 0.457 e. The smallest absolute Gasteiger partial charge is 0.303 e. The van der Waals surface area contributed by atoms with Gasteiger partial charge in [0.1, 0.15) is 12.2 Å². The second-order valence-corrected chi connectivity index (χ2v) is 10.4. The number of hydrogen-bond donors (Lipinski definition) is 2. The van der Waals surface area contributed by atoms with Crippen LogP contribution in [0.2, 0.25) is 0 Å². The molecule has 2 aliphatic carbocycles. The Bertz CT molecular complexity index is 752. The molecule has 0 aromatic carbocycles. The summed E-state index contributed by atoms with van der Waals surface area (Å²) >= 11 is 0. The third-order valence-electron chi connectivity index (χ3n) is 7.51. The Morgan fingerprint density at radius 3 is 2.73 bits per heavy atom. The molecule has 0 bridgehead atoms. The van der Waals surface area contributed by atoms with Gasteiger partial charge in [0.25, 0.3) is 0 Å². The van der Waals surface area contributed by atoms with Gasteiger partial charge in [-0.05, 0) is 83.0 Å². The summed E-state index contributed by atoms with van der Waals surface area (Å²) in [7, 11) is 0. The maximum Gasteiger partial charge on any atom is 0.303 e. The van der Waals surface area contributed by atoms with Crippen LogP contribution in [0.15, 0.2) is 35.5 Å². The highest BCUT2D eigenvalue weighted by molar-refractivity contribution is 5.66. The summed E-state index contributed by atoms with van der Waals surface area (Å²) in [6, 6.07) is 0. The van der Waals surface area contributed by atoms with E-state index < -0.39 is 30.6 Å². The number of carbonyl (C=O) groups is 1. The summed E-state index contributed by atoms with van der Waals surface area (Å²) in [6.45, 7) is 12.5. The highest BCUT2D eigenvalue weighted by atomic mass is 16.7. The van der Waals surface area contributed by atoms with Gasteiger partial charge >= 0.3 is 5.97 Å². The molecule has 0 aromatic heterocycles. The van der Waals surface area contributed by atoms with Crippen LogP contribution >= 0.6 is 0 Å². The van der Waals surface area contributed by atoms with Crippen LogP contribution in [-0.2, 0) is 19.0 Å². The number of carbonyl (C=O) groups excluding carboxylic acids is 1. The van der Waals surface area contributed by atoms with Crippen LogP contribution in [0.4, 0.5) is 0 Å². The molecule has 2 fully saturated rings. The van der Waals surface area contributed by atoms with Crippen molar-refractivity contribution in [1.29, 1.82) is 0 Å². The summed E-state index contributed by atoms with van der Waals surface area (Å²) < 4.78 is 16.8. The van der Waals surface area contributed by atoms with Gasteiger partial charge in [0.05, 0.1) is 13.2 Å². The minimum absolute atomic E-state index is 0.0437. The number of rotatable bonds is 8. The monoisotopic (exact) mass is 462 g/mol. The van der Waals surface area contributed by atoms with E-state index in [0.29, 0.717) is 30.3 Å². The predicted octanol–water partition coefficient (Wildman–Crippen LogP) is 4.31. The molecule has 1 saturated heterocycles. The van der Waals surface area contributed by atoms with Crippen LogP contribution in [0.5, 0.6) is 0 Å². The van der Waals surface area contributed by atoms with E-state index in [1.165, 1.54) is 30.1 Å². The molecule has 6 heteroatoms.